The lowest BCUT2D eigenvalue weighted by Gasteiger charge is -2.18. The van der Waals surface area contributed by atoms with Crippen molar-refractivity contribution in [2.45, 2.75) is 19.1 Å². The topological polar surface area (TPSA) is 75.6 Å². The quantitative estimate of drug-likeness (QED) is 0.814. The first kappa shape index (κ1) is 17.4. The van der Waals surface area contributed by atoms with E-state index in [1.807, 2.05) is 0 Å². The minimum absolute atomic E-state index is 0.0934. The number of para-hydroxylation sites is 1. The molecule has 1 amide bonds. The molecular weight excluding hydrogens is 320 g/mol. The van der Waals surface area contributed by atoms with Gasteiger partial charge in [-0.15, -0.1) is 0 Å². The van der Waals surface area contributed by atoms with Crippen molar-refractivity contribution in [2.75, 3.05) is 0 Å². The number of alkyl halides is 2. The number of hydrogen-bond donors (Lipinski definition) is 2. The van der Waals surface area contributed by atoms with E-state index in [2.05, 4.69) is 10.1 Å². The van der Waals surface area contributed by atoms with Gasteiger partial charge in [0.1, 0.15) is 5.75 Å². The van der Waals surface area contributed by atoms with Crippen LogP contribution in [0, 0.1) is 0 Å². The third-order valence-corrected chi connectivity index (χ3v) is 3.23. The van der Waals surface area contributed by atoms with E-state index >= 15 is 0 Å². The van der Waals surface area contributed by atoms with Crippen molar-refractivity contribution in [1.82, 2.24) is 5.32 Å². The number of amides is 1. The first-order valence-electron chi connectivity index (χ1n) is 7.09. The highest BCUT2D eigenvalue weighted by Crippen LogP contribution is 2.23. The number of benzene rings is 2. The first-order valence-corrected chi connectivity index (χ1v) is 7.09. The number of aliphatic carboxylic acids is 1. The monoisotopic (exact) mass is 335 g/mol. The van der Waals surface area contributed by atoms with Crippen LogP contribution in [0.15, 0.2) is 54.6 Å². The predicted molar refractivity (Wildman–Crippen MR) is 82.0 cm³/mol. The molecule has 0 aromatic heterocycles. The average molecular weight is 335 g/mol. The Hall–Kier alpha value is -2.96. The molecule has 0 saturated carbocycles. The standard InChI is InChI=1S/C17H15F2NO4/c18-17(19)24-14-9-5-4-8-12(14)16(23)20-13(10-15(21)22)11-6-2-1-3-7-11/h1-9,13,17H,10H2,(H,20,23)(H,21,22)/t13-/m1/s1. The molecule has 0 aliphatic rings. The second-order valence-corrected chi connectivity index (χ2v) is 4.91. The molecule has 7 heteroatoms. The van der Waals surface area contributed by atoms with Gasteiger partial charge >= 0.3 is 12.6 Å². The SMILES string of the molecule is O=C(O)C[C@@H](NC(=O)c1ccccc1OC(F)F)c1ccccc1. The molecule has 1 atom stereocenters. The summed E-state index contributed by atoms with van der Waals surface area (Å²) in [7, 11) is 0. The van der Waals surface area contributed by atoms with Gasteiger partial charge in [0.25, 0.3) is 5.91 Å². The number of carboxylic acid groups (broad SMARTS) is 1. The lowest BCUT2D eigenvalue weighted by molar-refractivity contribution is -0.137. The van der Waals surface area contributed by atoms with Gasteiger partial charge in [-0.2, -0.15) is 8.78 Å². The largest absolute Gasteiger partial charge is 0.481 e. The summed E-state index contributed by atoms with van der Waals surface area (Å²) in [6.45, 7) is -3.07. The Bertz CT molecular complexity index is 707. The zero-order valence-electron chi connectivity index (χ0n) is 12.5. The summed E-state index contributed by atoms with van der Waals surface area (Å²) in [5.41, 5.74) is 0.504. The zero-order valence-corrected chi connectivity index (χ0v) is 12.5. The Balaban J connectivity index is 2.23. The fraction of sp³-hybridized carbons (Fsp3) is 0.176. The Morgan fingerprint density at radius 2 is 1.67 bits per heavy atom. The normalized spacial score (nSPS) is 11.8. The van der Waals surface area contributed by atoms with Gasteiger partial charge in [0.05, 0.1) is 18.0 Å². The summed E-state index contributed by atoms with van der Waals surface area (Å²) in [6, 6.07) is 13.3. The number of carboxylic acids is 1. The molecule has 0 fully saturated rings. The molecule has 0 aliphatic carbocycles. The number of rotatable bonds is 7. The van der Waals surface area contributed by atoms with E-state index in [0.29, 0.717) is 5.56 Å². The molecule has 24 heavy (non-hydrogen) atoms. The van der Waals surface area contributed by atoms with Crippen molar-refractivity contribution in [1.29, 1.82) is 0 Å². The van der Waals surface area contributed by atoms with Crippen LogP contribution in [0.5, 0.6) is 5.75 Å². The zero-order chi connectivity index (χ0) is 17.5. The molecule has 2 rings (SSSR count). The Labute approximate surface area is 136 Å². The summed E-state index contributed by atoms with van der Waals surface area (Å²) in [5.74, 6) is -2.06. The summed E-state index contributed by atoms with van der Waals surface area (Å²) >= 11 is 0. The Morgan fingerprint density at radius 1 is 1.04 bits per heavy atom. The summed E-state index contributed by atoms with van der Waals surface area (Å²) in [6.07, 6.45) is -0.340. The molecule has 0 spiro atoms. The van der Waals surface area contributed by atoms with E-state index in [9.17, 15) is 18.4 Å². The lowest BCUT2D eigenvalue weighted by Crippen LogP contribution is -2.30. The lowest BCUT2D eigenvalue weighted by atomic mass is 10.0. The van der Waals surface area contributed by atoms with Gasteiger partial charge in [0.15, 0.2) is 0 Å². The van der Waals surface area contributed by atoms with Crippen LogP contribution >= 0.6 is 0 Å². The first-order chi connectivity index (χ1) is 11.5. The highest BCUT2D eigenvalue weighted by molar-refractivity contribution is 5.97. The van der Waals surface area contributed by atoms with Crippen LogP contribution in [-0.2, 0) is 4.79 Å². The molecule has 0 bridgehead atoms. The van der Waals surface area contributed by atoms with Crippen LogP contribution in [0.1, 0.15) is 28.4 Å². The van der Waals surface area contributed by atoms with Gasteiger partial charge < -0.3 is 15.2 Å². The summed E-state index contributed by atoms with van der Waals surface area (Å²) < 4.78 is 29.2. The molecule has 0 saturated heterocycles. The number of halogens is 2. The third-order valence-electron chi connectivity index (χ3n) is 3.23. The maximum atomic E-state index is 12.4. The van der Waals surface area contributed by atoms with E-state index in [-0.39, 0.29) is 17.7 Å². The molecule has 0 radical (unpaired) electrons. The van der Waals surface area contributed by atoms with Gasteiger partial charge in [-0.25, -0.2) is 0 Å². The third kappa shape index (κ3) is 4.77. The molecule has 0 aliphatic heterocycles. The second-order valence-electron chi connectivity index (χ2n) is 4.91. The highest BCUT2D eigenvalue weighted by atomic mass is 19.3. The molecule has 5 nitrogen and oxygen atoms in total. The average Bonchev–Trinajstić information content (AvgIpc) is 2.54. The van der Waals surface area contributed by atoms with E-state index < -0.39 is 24.5 Å². The maximum Gasteiger partial charge on any atom is 0.387 e. The summed E-state index contributed by atoms with van der Waals surface area (Å²) in [5, 5.41) is 11.6. The van der Waals surface area contributed by atoms with Crippen LogP contribution in [0.4, 0.5) is 8.78 Å². The molecular formula is C17H15F2NO4. The van der Waals surface area contributed by atoms with Crippen molar-refractivity contribution in [3.63, 3.8) is 0 Å². The number of carbonyl (C=O) groups is 2. The van der Waals surface area contributed by atoms with Gasteiger partial charge in [-0.3, -0.25) is 9.59 Å². The Morgan fingerprint density at radius 3 is 2.29 bits per heavy atom. The van der Waals surface area contributed by atoms with E-state index in [1.54, 1.807) is 30.3 Å². The van der Waals surface area contributed by atoms with Gasteiger partial charge in [-0.05, 0) is 17.7 Å². The second kappa shape index (κ2) is 8.05. The molecule has 2 aromatic rings. The van der Waals surface area contributed by atoms with Crippen molar-refractivity contribution < 1.29 is 28.2 Å². The van der Waals surface area contributed by atoms with Crippen molar-refractivity contribution in [2.24, 2.45) is 0 Å². The predicted octanol–water partition coefficient (Wildman–Crippen LogP) is 3.23. The number of ether oxygens (including phenoxy) is 1. The van der Waals surface area contributed by atoms with E-state index in [0.717, 1.165) is 0 Å². The molecule has 2 N–H and O–H groups in total. The van der Waals surface area contributed by atoms with E-state index in [4.69, 9.17) is 5.11 Å². The molecule has 0 unspecified atom stereocenters. The summed E-state index contributed by atoms with van der Waals surface area (Å²) in [4.78, 5) is 23.4. The van der Waals surface area contributed by atoms with Gasteiger partial charge in [0.2, 0.25) is 0 Å². The molecule has 126 valence electrons. The molecule has 0 heterocycles. The fourth-order valence-corrected chi connectivity index (χ4v) is 2.20. The Kier molecular flexibility index (Phi) is 5.83. The minimum atomic E-state index is -3.07. The van der Waals surface area contributed by atoms with Crippen LogP contribution in [0.25, 0.3) is 0 Å². The van der Waals surface area contributed by atoms with E-state index in [1.165, 1.54) is 24.3 Å². The van der Waals surface area contributed by atoms with Crippen LogP contribution in [-0.4, -0.2) is 23.6 Å². The fourth-order valence-electron chi connectivity index (χ4n) is 2.20. The maximum absolute atomic E-state index is 12.4. The van der Waals surface area contributed by atoms with Crippen LogP contribution in [0.2, 0.25) is 0 Å². The minimum Gasteiger partial charge on any atom is -0.481 e. The van der Waals surface area contributed by atoms with Crippen molar-refractivity contribution in [3.05, 3.63) is 65.7 Å². The smallest absolute Gasteiger partial charge is 0.387 e. The van der Waals surface area contributed by atoms with Crippen molar-refractivity contribution >= 4 is 11.9 Å². The van der Waals surface area contributed by atoms with Crippen molar-refractivity contribution in [3.8, 4) is 5.75 Å². The number of hydrogen-bond acceptors (Lipinski definition) is 3. The van der Waals surface area contributed by atoms with Gasteiger partial charge in [0, 0.05) is 0 Å². The van der Waals surface area contributed by atoms with Gasteiger partial charge in [-0.1, -0.05) is 42.5 Å². The van der Waals surface area contributed by atoms with Crippen LogP contribution < -0.4 is 10.1 Å². The molecule has 2 aromatic carbocycles. The van der Waals surface area contributed by atoms with Crippen LogP contribution in [0.3, 0.4) is 0 Å². The number of carbonyl (C=O) groups excluding carboxylic acids is 1. The highest BCUT2D eigenvalue weighted by Gasteiger charge is 2.21. The number of nitrogens with one attached hydrogen (secondary N) is 1.